The zero-order chi connectivity index (χ0) is 14.3. The molecule has 0 saturated heterocycles. The van der Waals surface area contributed by atoms with Crippen molar-refractivity contribution < 1.29 is 9.90 Å². The predicted molar refractivity (Wildman–Crippen MR) is 76.7 cm³/mol. The largest absolute Gasteiger partial charge is 0.481 e. The van der Waals surface area contributed by atoms with Crippen molar-refractivity contribution in [2.45, 2.75) is 66.8 Å². The maximum atomic E-state index is 11.0. The van der Waals surface area contributed by atoms with Crippen LogP contribution >= 0.6 is 0 Å². The van der Waals surface area contributed by atoms with Gasteiger partial charge in [0.05, 0.1) is 5.41 Å². The van der Waals surface area contributed by atoms with E-state index in [-0.39, 0.29) is 0 Å². The molecule has 3 heteroatoms. The highest BCUT2D eigenvalue weighted by Crippen LogP contribution is 2.20. The van der Waals surface area contributed by atoms with E-state index in [2.05, 4.69) is 33.0 Å². The summed E-state index contributed by atoms with van der Waals surface area (Å²) in [6.07, 6.45) is 3.09. The number of hydrogen-bond donors (Lipinski definition) is 2. The van der Waals surface area contributed by atoms with Crippen LogP contribution < -0.4 is 5.32 Å². The first kappa shape index (κ1) is 17.4. The summed E-state index contributed by atoms with van der Waals surface area (Å²) in [6, 6.07) is 0.461. The fraction of sp³-hybridized carbons (Fsp3) is 0.933. The zero-order valence-electron chi connectivity index (χ0n) is 12.9. The smallest absolute Gasteiger partial charge is 0.309 e. The Balaban J connectivity index is 3.84. The summed E-state index contributed by atoms with van der Waals surface area (Å²) in [5.41, 5.74) is -0.629. The molecule has 0 aliphatic rings. The number of carboxylic acids is 1. The fourth-order valence-electron chi connectivity index (χ4n) is 2.33. The van der Waals surface area contributed by atoms with Crippen molar-refractivity contribution in [2.24, 2.45) is 17.3 Å². The Labute approximate surface area is 112 Å². The second-order valence-electron chi connectivity index (χ2n) is 6.76. The molecule has 0 rings (SSSR count). The Bertz CT molecular complexity index is 249. The second kappa shape index (κ2) is 7.78. The van der Waals surface area contributed by atoms with Crippen molar-refractivity contribution in [1.29, 1.82) is 0 Å². The summed E-state index contributed by atoms with van der Waals surface area (Å²) >= 11 is 0. The molecule has 2 N–H and O–H groups in total. The number of carbonyl (C=O) groups is 1. The van der Waals surface area contributed by atoms with Crippen LogP contribution in [0.2, 0.25) is 0 Å². The number of hydrogen-bond acceptors (Lipinski definition) is 2. The van der Waals surface area contributed by atoms with Gasteiger partial charge < -0.3 is 10.4 Å². The highest BCUT2D eigenvalue weighted by molar-refractivity contribution is 5.73. The van der Waals surface area contributed by atoms with Crippen molar-refractivity contribution in [3.05, 3.63) is 0 Å². The SMILES string of the molecule is CC(C)CC(C)CC(C)NCCC(C)(C)C(=O)O. The summed E-state index contributed by atoms with van der Waals surface area (Å²) in [4.78, 5) is 11.0. The molecule has 0 radical (unpaired) electrons. The average Bonchev–Trinajstić information content (AvgIpc) is 2.14. The normalized spacial score (nSPS) is 15.7. The van der Waals surface area contributed by atoms with Crippen LogP contribution in [-0.4, -0.2) is 23.7 Å². The summed E-state index contributed by atoms with van der Waals surface area (Å²) in [5.74, 6) is 0.753. The van der Waals surface area contributed by atoms with Crippen LogP contribution in [0.3, 0.4) is 0 Å². The number of aliphatic carboxylic acids is 1. The topological polar surface area (TPSA) is 49.3 Å². The lowest BCUT2D eigenvalue weighted by atomic mass is 9.89. The van der Waals surface area contributed by atoms with Crippen molar-refractivity contribution in [2.75, 3.05) is 6.54 Å². The highest BCUT2D eigenvalue weighted by Gasteiger charge is 2.26. The van der Waals surface area contributed by atoms with E-state index in [1.807, 2.05) is 0 Å². The van der Waals surface area contributed by atoms with E-state index in [9.17, 15) is 4.79 Å². The molecule has 108 valence electrons. The van der Waals surface area contributed by atoms with Crippen LogP contribution in [0.1, 0.15) is 60.8 Å². The van der Waals surface area contributed by atoms with E-state index in [1.165, 1.54) is 6.42 Å². The molecular formula is C15H31NO2. The van der Waals surface area contributed by atoms with Gasteiger partial charge in [0.1, 0.15) is 0 Å². The van der Waals surface area contributed by atoms with Crippen LogP contribution in [0.4, 0.5) is 0 Å². The third-order valence-corrected chi connectivity index (χ3v) is 3.45. The highest BCUT2D eigenvalue weighted by atomic mass is 16.4. The first-order chi connectivity index (χ1) is 8.15. The summed E-state index contributed by atoms with van der Waals surface area (Å²) in [5, 5.41) is 12.5. The maximum Gasteiger partial charge on any atom is 0.309 e. The Hall–Kier alpha value is -0.570. The van der Waals surface area contributed by atoms with Crippen molar-refractivity contribution >= 4 is 5.97 Å². The minimum Gasteiger partial charge on any atom is -0.481 e. The lowest BCUT2D eigenvalue weighted by Gasteiger charge is -2.23. The fourth-order valence-corrected chi connectivity index (χ4v) is 2.33. The van der Waals surface area contributed by atoms with Gasteiger partial charge in [-0.1, -0.05) is 20.8 Å². The van der Waals surface area contributed by atoms with Crippen LogP contribution in [0.5, 0.6) is 0 Å². The molecule has 3 nitrogen and oxygen atoms in total. The van der Waals surface area contributed by atoms with Gasteiger partial charge in [-0.05, 0) is 58.4 Å². The molecule has 0 amide bonds. The zero-order valence-corrected chi connectivity index (χ0v) is 12.9. The predicted octanol–water partition coefficient (Wildman–Crippen LogP) is 3.54. The van der Waals surface area contributed by atoms with Crippen molar-refractivity contribution in [3.8, 4) is 0 Å². The molecule has 2 atom stereocenters. The van der Waals surface area contributed by atoms with E-state index in [4.69, 9.17) is 5.11 Å². The molecule has 0 saturated carbocycles. The van der Waals surface area contributed by atoms with E-state index >= 15 is 0 Å². The minimum absolute atomic E-state index is 0.461. The van der Waals surface area contributed by atoms with E-state index in [0.29, 0.717) is 12.5 Å². The molecule has 2 unspecified atom stereocenters. The van der Waals surface area contributed by atoms with E-state index < -0.39 is 11.4 Å². The first-order valence-electron chi connectivity index (χ1n) is 7.12. The van der Waals surface area contributed by atoms with Crippen LogP contribution in [0.25, 0.3) is 0 Å². The summed E-state index contributed by atoms with van der Waals surface area (Å²) in [7, 11) is 0. The van der Waals surface area contributed by atoms with Gasteiger partial charge in [0, 0.05) is 6.04 Å². The third-order valence-electron chi connectivity index (χ3n) is 3.45. The molecule has 0 heterocycles. The third kappa shape index (κ3) is 7.70. The standard InChI is InChI=1S/C15H31NO2/c1-11(2)9-12(3)10-13(4)16-8-7-15(5,6)14(17)18/h11-13,16H,7-10H2,1-6H3,(H,17,18). The molecule has 18 heavy (non-hydrogen) atoms. The first-order valence-corrected chi connectivity index (χ1v) is 7.12. The summed E-state index contributed by atoms with van der Waals surface area (Å²) in [6.45, 7) is 13.3. The minimum atomic E-state index is -0.717. The molecule has 0 aliphatic carbocycles. The number of nitrogens with one attached hydrogen (secondary N) is 1. The van der Waals surface area contributed by atoms with Gasteiger partial charge in [-0.25, -0.2) is 0 Å². The van der Waals surface area contributed by atoms with Gasteiger partial charge in [-0.3, -0.25) is 4.79 Å². The van der Waals surface area contributed by atoms with Gasteiger partial charge in [0.2, 0.25) is 0 Å². The molecule has 0 aromatic carbocycles. The summed E-state index contributed by atoms with van der Waals surface area (Å²) < 4.78 is 0. The number of carboxylic acid groups (broad SMARTS) is 1. The second-order valence-corrected chi connectivity index (χ2v) is 6.76. The lowest BCUT2D eigenvalue weighted by molar-refractivity contribution is -0.147. The average molecular weight is 257 g/mol. The van der Waals surface area contributed by atoms with E-state index in [0.717, 1.165) is 24.8 Å². The van der Waals surface area contributed by atoms with Gasteiger partial charge >= 0.3 is 5.97 Å². The molecule has 0 spiro atoms. The quantitative estimate of drug-likeness (QED) is 0.664. The van der Waals surface area contributed by atoms with Gasteiger partial charge in [-0.15, -0.1) is 0 Å². The molecule has 0 aromatic heterocycles. The van der Waals surface area contributed by atoms with Crippen LogP contribution in [-0.2, 0) is 4.79 Å². The van der Waals surface area contributed by atoms with Crippen LogP contribution in [0.15, 0.2) is 0 Å². The Morgan fingerprint density at radius 3 is 2.17 bits per heavy atom. The Morgan fingerprint density at radius 2 is 1.72 bits per heavy atom. The van der Waals surface area contributed by atoms with Gasteiger partial charge in [0.25, 0.3) is 0 Å². The van der Waals surface area contributed by atoms with Gasteiger partial charge in [0.15, 0.2) is 0 Å². The van der Waals surface area contributed by atoms with Crippen molar-refractivity contribution in [3.63, 3.8) is 0 Å². The molecule has 0 aliphatic heterocycles. The number of rotatable bonds is 9. The van der Waals surface area contributed by atoms with Gasteiger partial charge in [-0.2, -0.15) is 0 Å². The monoisotopic (exact) mass is 257 g/mol. The molecule has 0 fully saturated rings. The Morgan fingerprint density at radius 1 is 1.17 bits per heavy atom. The van der Waals surface area contributed by atoms with Crippen LogP contribution in [0, 0.1) is 17.3 Å². The van der Waals surface area contributed by atoms with Crippen molar-refractivity contribution in [1.82, 2.24) is 5.32 Å². The molecule has 0 aromatic rings. The molecule has 0 bridgehead atoms. The van der Waals surface area contributed by atoms with E-state index in [1.54, 1.807) is 13.8 Å². The molecular weight excluding hydrogens is 226 g/mol. The Kier molecular flexibility index (Phi) is 7.53. The maximum absolute atomic E-state index is 11.0. The lowest BCUT2D eigenvalue weighted by Crippen LogP contribution is -2.34.